The number of benzene rings is 2. The standard InChI is InChI=1S/C26H33FN2O5S/c1-33-17-24(20-6-4-3-5-7-20)29-12-10-18(11-13-29)16-34-25-15-23(27)22(14-21(25)19-8-9-19)26(30)28-35(2,31)32/h3-7,14-15,18-19,24H,8-13,16-17H2,1-2H3,(H,28,30)/t24-/m0/s1. The molecule has 1 amide bonds. The Bertz CT molecular complexity index is 1130. The van der Waals surface area contributed by atoms with E-state index >= 15 is 0 Å². The molecule has 2 aromatic carbocycles. The van der Waals surface area contributed by atoms with Gasteiger partial charge in [-0.05, 0) is 67.8 Å². The van der Waals surface area contributed by atoms with Gasteiger partial charge in [0.15, 0.2) is 0 Å². The Kier molecular flexibility index (Phi) is 8.09. The molecule has 9 heteroatoms. The zero-order chi connectivity index (χ0) is 25.0. The van der Waals surface area contributed by atoms with E-state index in [9.17, 15) is 17.6 Å². The summed E-state index contributed by atoms with van der Waals surface area (Å²) in [6, 6.07) is 13.3. The molecule has 1 aliphatic carbocycles. The summed E-state index contributed by atoms with van der Waals surface area (Å²) in [4.78, 5) is 14.7. The third kappa shape index (κ3) is 6.80. The Labute approximate surface area is 206 Å². The average molecular weight is 505 g/mol. The normalized spacial score (nSPS) is 18.3. The molecule has 1 N–H and O–H groups in total. The zero-order valence-electron chi connectivity index (χ0n) is 20.2. The number of sulfonamides is 1. The Morgan fingerprint density at radius 3 is 2.43 bits per heavy atom. The topological polar surface area (TPSA) is 84.9 Å². The summed E-state index contributed by atoms with van der Waals surface area (Å²) in [6.07, 6.45) is 4.67. The number of ether oxygens (including phenoxy) is 2. The van der Waals surface area contributed by atoms with Crippen molar-refractivity contribution in [2.45, 2.75) is 37.6 Å². The number of hydrogen-bond acceptors (Lipinski definition) is 6. The second-order valence-corrected chi connectivity index (χ2v) is 11.3. The van der Waals surface area contributed by atoms with Crippen molar-refractivity contribution in [3.63, 3.8) is 0 Å². The molecule has 4 rings (SSSR count). The fourth-order valence-corrected chi connectivity index (χ4v) is 5.14. The quantitative estimate of drug-likeness (QED) is 0.529. The molecule has 35 heavy (non-hydrogen) atoms. The van der Waals surface area contributed by atoms with Crippen LogP contribution < -0.4 is 9.46 Å². The summed E-state index contributed by atoms with van der Waals surface area (Å²) in [6.45, 7) is 2.95. The Hall–Kier alpha value is -2.49. The van der Waals surface area contributed by atoms with Crippen molar-refractivity contribution in [3.8, 4) is 5.75 Å². The molecule has 1 saturated heterocycles. The number of piperidine rings is 1. The number of likely N-dealkylation sites (tertiary alicyclic amines) is 1. The Morgan fingerprint density at radius 1 is 1.14 bits per heavy atom. The van der Waals surface area contributed by atoms with Crippen LogP contribution in [0.4, 0.5) is 4.39 Å². The minimum absolute atomic E-state index is 0.206. The van der Waals surface area contributed by atoms with Crippen molar-refractivity contribution in [3.05, 3.63) is 65.0 Å². The van der Waals surface area contributed by atoms with Crippen LogP contribution in [-0.2, 0) is 14.8 Å². The maximum atomic E-state index is 14.7. The predicted molar refractivity (Wildman–Crippen MR) is 132 cm³/mol. The van der Waals surface area contributed by atoms with E-state index in [4.69, 9.17) is 9.47 Å². The van der Waals surface area contributed by atoms with Crippen molar-refractivity contribution in [2.24, 2.45) is 5.92 Å². The molecule has 7 nitrogen and oxygen atoms in total. The molecule has 1 heterocycles. The second-order valence-electron chi connectivity index (χ2n) is 9.52. The van der Waals surface area contributed by atoms with Gasteiger partial charge in [-0.1, -0.05) is 30.3 Å². The van der Waals surface area contributed by atoms with Crippen LogP contribution in [0.15, 0.2) is 42.5 Å². The summed E-state index contributed by atoms with van der Waals surface area (Å²) in [5.41, 5.74) is 1.74. The summed E-state index contributed by atoms with van der Waals surface area (Å²) >= 11 is 0. The number of nitrogens with zero attached hydrogens (tertiary/aromatic N) is 1. The molecule has 1 atom stereocenters. The summed E-state index contributed by atoms with van der Waals surface area (Å²) in [5, 5.41) is 0. The number of carbonyl (C=O) groups is 1. The van der Waals surface area contributed by atoms with Crippen LogP contribution in [-0.4, -0.2) is 58.9 Å². The van der Waals surface area contributed by atoms with Crippen LogP contribution in [0.3, 0.4) is 0 Å². The maximum absolute atomic E-state index is 14.7. The van der Waals surface area contributed by atoms with Gasteiger partial charge in [0.25, 0.3) is 5.91 Å². The fourth-order valence-electron chi connectivity index (χ4n) is 4.69. The number of methoxy groups -OCH3 is 1. The van der Waals surface area contributed by atoms with E-state index in [1.165, 1.54) is 17.7 Å². The maximum Gasteiger partial charge on any atom is 0.267 e. The fraction of sp³-hybridized carbons (Fsp3) is 0.500. The second kappa shape index (κ2) is 11.1. The van der Waals surface area contributed by atoms with Crippen LogP contribution in [0.5, 0.6) is 5.75 Å². The van der Waals surface area contributed by atoms with Crippen molar-refractivity contribution in [1.82, 2.24) is 9.62 Å². The highest BCUT2D eigenvalue weighted by molar-refractivity contribution is 7.89. The zero-order valence-corrected chi connectivity index (χ0v) is 21.0. The summed E-state index contributed by atoms with van der Waals surface area (Å²) < 4.78 is 50.9. The number of hydrogen-bond donors (Lipinski definition) is 1. The first-order valence-electron chi connectivity index (χ1n) is 12.0. The van der Waals surface area contributed by atoms with E-state index in [1.807, 2.05) is 22.9 Å². The minimum Gasteiger partial charge on any atom is -0.493 e. The van der Waals surface area contributed by atoms with E-state index in [1.54, 1.807) is 7.11 Å². The molecule has 1 aliphatic heterocycles. The lowest BCUT2D eigenvalue weighted by atomic mass is 9.95. The van der Waals surface area contributed by atoms with Gasteiger partial charge in [-0.3, -0.25) is 9.69 Å². The number of carbonyl (C=O) groups excluding carboxylic acids is 1. The van der Waals surface area contributed by atoms with Crippen molar-refractivity contribution in [2.75, 3.05) is 39.7 Å². The van der Waals surface area contributed by atoms with E-state index in [2.05, 4.69) is 17.0 Å². The molecule has 190 valence electrons. The molecule has 2 fully saturated rings. The highest BCUT2D eigenvalue weighted by Crippen LogP contribution is 2.45. The summed E-state index contributed by atoms with van der Waals surface area (Å²) in [7, 11) is -2.06. The summed E-state index contributed by atoms with van der Waals surface area (Å²) in [5.74, 6) is -0.753. The van der Waals surface area contributed by atoms with Crippen LogP contribution >= 0.6 is 0 Å². The first-order chi connectivity index (χ1) is 16.7. The lowest BCUT2D eigenvalue weighted by Gasteiger charge is -2.37. The molecule has 2 aromatic rings. The van der Waals surface area contributed by atoms with E-state index < -0.39 is 21.7 Å². The van der Waals surface area contributed by atoms with Gasteiger partial charge in [-0.25, -0.2) is 17.5 Å². The molecule has 0 bridgehead atoms. The molecular weight excluding hydrogens is 471 g/mol. The average Bonchev–Trinajstić information content (AvgIpc) is 3.66. The van der Waals surface area contributed by atoms with Gasteiger partial charge in [0, 0.05) is 13.2 Å². The SMILES string of the molecule is COC[C@@H](c1ccccc1)N1CCC(COc2cc(F)c(C(=O)NS(C)(=O)=O)cc2C2CC2)CC1. The highest BCUT2D eigenvalue weighted by atomic mass is 32.2. The van der Waals surface area contributed by atoms with Gasteiger partial charge in [-0.2, -0.15) is 0 Å². The first kappa shape index (κ1) is 25.6. The number of halogens is 1. The predicted octanol–water partition coefficient (Wildman–Crippen LogP) is 3.87. The van der Waals surface area contributed by atoms with E-state index in [-0.39, 0.29) is 17.5 Å². The minimum atomic E-state index is -3.78. The molecule has 0 unspecified atom stereocenters. The first-order valence-corrected chi connectivity index (χ1v) is 13.9. The van der Waals surface area contributed by atoms with Gasteiger partial charge in [0.1, 0.15) is 11.6 Å². The van der Waals surface area contributed by atoms with Gasteiger partial charge in [0.05, 0.1) is 31.1 Å². The molecule has 0 radical (unpaired) electrons. The van der Waals surface area contributed by atoms with Crippen molar-refractivity contribution in [1.29, 1.82) is 0 Å². The lowest BCUT2D eigenvalue weighted by molar-refractivity contribution is 0.0556. The van der Waals surface area contributed by atoms with E-state index in [0.717, 1.165) is 50.6 Å². The molecule has 1 saturated carbocycles. The van der Waals surface area contributed by atoms with Crippen LogP contribution in [0.1, 0.15) is 59.1 Å². The van der Waals surface area contributed by atoms with Gasteiger partial charge in [0.2, 0.25) is 10.0 Å². The molecule has 0 aromatic heterocycles. The number of amides is 1. The smallest absolute Gasteiger partial charge is 0.267 e. The highest BCUT2D eigenvalue weighted by Gasteiger charge is 2.31. The van der Waals surface area contributed by atoms with Gasteiger partial charge in [-0.15, -0.1) is 0 Å². The molecule has 2 aliphatic rings. The largest absolute Gasteiger partial charge is 0.493 e. The van der Waals surface area contributed by atoms with Gasteiger partial charge >= 0.3 is 0 Å². The Morgan fingerprint density at radius 2 is 1.83 bits per heavy atom. The third-order valence-corrected chi connectivity index (χ3v) is 7.27. The lowest BCUT2D eigenvalue weighted by Crippen LogP contribution is -2.39. The molecular formula is C26H33FN2O5S. The van der Waals surface area contributed by atoms with Crippen molar-refractivity contribution >= 4 is 15.9 Å². The van der Waals surface area contributed by atoms with E-state index in [0.29, 0.717) is 24.9 Å². The Balaban J connectivity index is 1.38. The number of nitrogens with one attached hydrogen (secondary N) is 1. The van der Waals surface area contributed by atoms with Crippen molar-refractivity contribution < 1.29 is 27.1 Å². The third-order valence-electron chi connectivity index (χ3n) is 6.71. The van der Waals surface area contributed by atoms with Crippen LogP contribution in [0, 0.1) is 11.7 Å². The monoisotopic (exact) mass is 504 g/mol. The number of rotatable bonds is 10. The molecule has 0 spiro atoms. The van der Waals surface area contributed by atoms with Crippen LogP contribution in [0.25, 0.3) is 0 Å². The van der Waals surface area contributed by atoms with Crippen LogP contribution in [0.2, 0.25) is 0 Å². The van der Waals surface area contributed by atoms with Gasteiger partial charge < -0.3 is 9.47 Å².